The van der Waals surface area contributed by atoms with Gasteiger partial charge in [-0.2, -0.15) is 5.26 Å². The number of rotatable bonds is 2. The van der Waals surface area contributed by atoms with Crippen molar-refractivity contribution in [1.82, 2.24) is 0 Å². The molecule has 2 nitrogen and oxygen atoms in total. The molecule has 0 N–H and O–H groups in total. The molecular weight excluding hydrogens is 298 g/mol. The van der Waals surface area contributed by atoms with E-state index in [1.54, 1.807) is 0 Å². The predicted molar refractivity (Wildman–Crippen MR) is 102 cm³/mol. The third-order valence-electron chi connectivity index (χ3n) is 4.52. The molecule has 0 aliphatic heterocycles. The summed E-state index contributed by atoms with van der Waals surface area (Å²) in [5, 5.41) is 9.83. The molecule has 1 rings (SSSR count). The van der Waals surface area contributed by atoms with Crippen LogP contribution in [0, 0.1) is 11.3 Å². The monoisotopic (exact) mass is 335 g/mol. The van der Waals surface area contributed by atoms with Gasteiger partial charge in [0, 0.05) is 0 Å². The Hall–Kier alpha value is -0.593. The molecule has 1 atom stereocenters. The van der Waals surface area contributed by atoms with E-state index in [4.69, 9.17) is 4.43 Å². The minimum atomic E-state index is -1.69. The van der Waals surface area contributed by atoms with Gasteiger partial charge in [-0.1, -0.05) is 44.3 Å². The van der Waals surface area contributed by atoms with Gasteiger partial charge in [0.05, 0.1) is 6.07 Å². The molecule has 0 saturated carbocycles. The van der Waals surface area contributed by atoms with Crippen molar-refractivity contribution in [2.24, 2.45) is 0 Å². The van der Waals surface area contributed by atoms with Gasteiger partial charge in [-0.25, -0.2) is 0 Å². The molecule has 0 fully saturated rings. The lowest BCUT2D eigenvalue weighted by atomic mass is 9.91. The second-order valence-electron chi connectivity index (χ2n) is 8.05. The molecule has 0 heterocycles. The summed E-state index contributed by atoms with van der Waals surface area (Å²) in [6, 6.07) is 2.58. The van der Waals surface area contributed by atoms with Crippen molar-refractivity contribution in [3.05, 3.63) is 12.2 Å². The van der Waals surface area contributed by atoms with E-state index in [9.17, 15) is 5.26 Å². The molecule has 0 spiro atoms. The first-order valence-corrected chi connectivity index (χ1v) is 13.1. The Bertz CT molecular complexity index is 380. The first-order valence-electron chi connectivity index (χ1n) is 9.74. The minimum Gasteiger partial charge on any atom is -0.400 e. The molecular formula is C20H37NOSi. The van der Waals surface area contributed by atoms with Gasteiger partial charge in [0.1, 0.15) is 5.60 Å². The van der Waals surface area contributed by atoms with Gasteiger partial charge in [0.15, 0.2) is 8.32 Å². The summed E-state index contributed by atoms with van der Waals surface area (Å²) < 4.78 is 6.39. The van der Waals surface area contributed by atoms with E-state index in [0.29, 0.717) is 0 Å². The van der Waals surface area contributed by atoms with E-state index in [0.717, 1.165) is 25.7 Å². The van der Waals surface area contributed by atoms with E-state index in [-0.39, 0.29) is 0 Å². The van der Waals surface area contributed by atoms with E-state index in [1.807, 2.05) is 0 Å². The Kier molecular flexibility index (Phi) is 9.82. The second kappa shape index (κ2) is 11.0. The first-order chi connectivity index (χ1) is 11.0. The van der Waals surface area contributed by atoms with Crippen LogP contribution in [0.1, 0.15) is 83.5 Å². The molecule has 1 unspecified atom stereocenters. The SMILES string of the molecule is C[Si](C)(C)OC1(C#N)CCCCCCC=CCCCCCCC1. The maximum absolute atomic E-state index is 9.83. The van der Waals surface area contributed by atoms with E-state index >= 15 is 0 Å². The highest BCUT2D eigenvalue weighted by atomic mass is 28.4. The third-order valence-corrected chi connectivity index (χ3v) is 5.53. The number of hydrogen-bond donors (Lipinski definition) is 0. The zero-order valence-corrected chi connectivity index (χ0v) is 16.7. The summed E-state index contributed by atoms with van der Waals surface area (Å²) in [5.74, 6) is 0. The van der Waals surface area contributed by atoms with Crippen LogP contribution in [-0.2, 0) is 4.43 Å². The Balaban J connectivity index is 2.61. The summed E-state index contributed by atoms with van der Waals surface area (Å²) in [5.41, 5.74) is -0.512. The standard InChI is InChI=1S/C20H37NOSi/c1-23(2,3)22-20(19-21)17-15-13-11-9-7-5-4-6-8-10-12-14-16-18-20/h4-5H,6-18H2,1-3H3. The summed E-state index contributed by atoms with van der Waals surface area (Å²) in [4.78, 5) is 0. The average molecular weight is 336 g/mol. The van der Waals surface area contributed by atoms with E-state index in [2.05, 4.69) is 37.9 Å². The van der Waals surface area contributed by atoms with Gasteiger partial charge >= 0.3 is 0 Å². The molecule has 1 aliphatic rings. The van der Waals surface area contributed by atoms with Crippen LogP contribution in [-0.4, -0.2) is 13.9 Å². The Morgan fingerprint density at radius 1 is 0.783 bits per heavy atom. The largest absolute Gasteiger partial charge is 0.400 e. The van der Waals surface area contributed by atoms with Crippen LogP contribution in [0.15, 0.2) is 12.2 Å². The molecule has 1 aliphatic carbocycles. The summed E-state index contributed by atoms with van der Waals surface area (Å²) in [7, 11) is -1.69. The highest BCUT2D eigenvalue weighted by Crippen LogP contribution is 2.30. The third kappa shape index (κ3) is 9.99. The molecule has 3 heteroatoms. The molecule has 132 valence electrons. The van der Waals surface area contributed by atoms with Crippen LogP contribution in [0.4, 0.5) is 0 Å². The van der Waals surface area contributed by atoms with Crippen molar-refractivity contribution in [2.75, 3.05) is 0 Å². The summed E-state index contributed by atoms with van der Waals surface area (Å²) >= 11 is 0. The fourth-order valence-electron chi connectivity index (χ4n) is 3.41. The van der Waals surface area contributed by atoms with Crippen LogP contribution < -0.4 is 0 Å². The van der Waals surface area contributed by atoms with E-state index < -0.39 is 13.9 Å². The molecule has 0 aromatic heterocycles. The maximum Gasteiger partial charge on any atom is 0.185 e. The van der Waals surface area contributed by atoms with E-state index in [1.165, 1.54) is 57.8 Å². The summed E-state index contributed by atoms with van der Waals surface area (Å²) in [6.45, 7) is 6.62. The van der Waals surface area contributed by atoms with Crippen LogP contribution in [0.2, 0.25) is 19.6 Å². The smallest absolute Gasteiger partial charge is 0.185 e. The second-order valence-corrected chi connectivity index (χ2v) is 12.5. The number of nitrogens with zero attached hydrogens (tertiary/aromatic N) is 1. The molecule has 0 saturated heterocycles. The van der Waals surface area contributed by atoms with Gasteiger partial charge in [-0.05, 0) is 71.0 Å². The molecule has 23 heavy (non-hydrogen) atoms. The van der Waals surface area contributed by atoms with Gasteiger partial charge in [-0.3, -0.25) is 0 Å². The highest BCUT2D eigenvalue weighted by Gasteiger charge is 2.35. The van der Waals surface area contributed by atoms with Gasteiger partial charge in [0.2, 0.25) is 0 Å². The van der Waals surface area contributed by atoms with Crippen molar-refractivity contribution in [3.8, 4) is 6.07 Å². The van der Waals surface area contributed by atoms with Crippen molar-refractivity contribution in [3.63, 3.8) is 0 Å². The number of nitriles is 1. The minimum absolute atomic E-state index is 0.512. The molecule has 0 radical (unpaired) electrons. The lowest BCUT2D eigenvalue weighted by Gasteiger charge is -2.34. The van der Waals surface area contributed by atoms with Gasteiger partial charge in [0.25, 0.3) is 0 Å². The van der Waals surface area contributed by atoms with Crippen molar-refractivity contribution >= 4 is 8.32 Å². The average Bonchev–Trinajstić information content (AvgIpc) is 2.48. The number of hydrogen-bond acceptors (Lipinski definition) is 2. The quantitative estimate of drug-likeness (QED) is 0.413. The Morgan fingerprint density at radius 2 is 1.22 bits per heavy atom. The van der Waals surface area contributed by atoms with Crippen LogP contribution in [0.3, 0.4) is 0 Å². The van der Waals surface area contributed by atoms with Crippen molar-refractivity contribution in [2.45, 2.75) is 109 Å². The Labute approximate surface area is 145 Å². The normalized spacial score (nSPS) is 26.5. The van der Waals surface area contributed by atoms with Gasteiger partial charge in [-0.15, -0.1) is 0 Å². The fraction of sp³-hybridized carbons (Fsp3) is 0.850. The molecule has 0 amide bonds. The number of allylic oxidation sites excluding steroid dienone is 2. The topological polar surface area (TPSA) is 33.0 Å². The van der Waals surface area contributed by atoms with Crippen LogP contribution >= 0.6 is 0 Å². The van der Waals surface area contributed by atoms with Crippen molar-refractivity contribution < 1.29 is 4.43 Å². The maximum atomic E-state index is 9.83. The zero-order valence-electron chi connectivity index (χ0n) is 15.7. The fourth-order valence-corrected chi connectivity index (χ4v) is 4.83. The molecule has 0 aromatic rings. The summed E-state index contributed by atoms with van der Waals surface area (Å²) in [6.07, 6.45) is 20.2. The molecule has 0 aromatic carbocycles. The predicted octanol–water partition coefficient (Wildman–Crippen LogP) is 6.74. The zero-order chi connectivity index (χ0) is 17.0. The van der Waals surface area contributed by atoms with Crippen LogP contribution in [0.25, 0.3) is 0 Å². The van der Waals surface area contributed by atoms with Crippen molar-refractivity contribution in [1.29, 1.82) is 5.26 Å². The Morgan fingerprint density at radius 3 is 1.65 bits per heavy atom. The van der Waals surface area contributed by atoms with Crippen LogP contribution in [0.5, 0.6) is 0 Å². The van der Waals surface area contributed by atoms with Gasteiger partial charge < -0.3 is 4.43 Å². The first kappa shape index (κ1) is 20.5. The highest BCUT2D eigenvalue weighted by molar-refractivity contribution is 6.69. The lowest BCUT2D eigenvalue weighted by molar-refractivity contribution is 0.0932. The lowest BCUT2D eigenvalue weighted by Crippen LogP contribution is -2.42. The molecule has 0 bridgehead atoms.